The molecule has 0 spiro atoms. The number of piperidine rings is 1. The smallest absolute Gasteiger partial charge is 0.267 e. The molecular weight excluding hydrogens is 314 g/mol. The number of aliphatic hydroxyl groups is 1. The molecule has 1 fully saturated rings. The zero-order valence-electron chi connectivity index (χ0n) is 12.6. The van der Waals surface area contributed by atoms with Crippen molar-refractivity contribution >= 4 is 23.2 Å². The van der Waals surface area contributed by atoms with E-state index in [2.05, 4.69) is 9.88 Å². The lowest BCUT2D eigenvalue weighted by Gasteiger charge is -2.40. The Balaban J connectivity index is 1.77. The third-order valence-electron chi connectivity index (χ3n) is 4.33. The van der Waals surface area contributed by atoms with Gasteiger partial charge in [-0.2, -0.15) is 0 Å². The molecule has 0 bridgehead atoms. The first-order valence-electron chi connectivity index (χ1n) is 7.48. The summed E-state index contributed by atoms with van der Waals surface area (Å²) in [7, 11) is 0. The normalized spacial score (nSPS) is 17.0. The lowest BCUT2D eigenvalue weighted by Crippen LogP contribution is -2.42. The Kier molecular flexibility index (Phi) is 4.24. The van der Waals surface area contributed by atoms with Gasteiger partial charge in [-0.05, 0) is 31.0 Å². The molecule has 1 saturated heterocycles. The summed E-state index contributed by atoms with van der Waals surface area (Å²) in [5.41, 5.74) is 6.25. The first kappa shape index (κ1) is 15.8. The maximum absolute atomic E-state index is 11.2. The van der Waals surface area contributed by atoms with Crippen LogP contribution in [0.1, 0.15) is 28.9 Å². The zero-order chi connectivity index (χ0) is 16.4. The second kappa shape index (κ2) is 6.18. The molecule has 0 atom stereocenters. The highest BCUT2D eigenvalue weighted by atomic mass is 35.5. The summed E-state index contributed by atoms with van der Waals surface area (Å²) in [4.78, 5) is 17.3. The van der Waals surface area contributed by atoms with Gasteiger partial charge in [-0.3, -0.25) is 9.78 Å². The van der Waals surface area contributed by atoms with E-state index < -0.39 is 11.5 Å². The van der Waals surface area contributed by atoms with Crippen LogP contribution >= 0.6 is 11.6 Å². The number of rotatable bonds is 3. The average molecular weight is 332 g/mol. The molecule has 1 aliphatic heterocycles. The van der Waals surface area contributed by atoms with Crippen LogP contribution in [0.15, 0.2) is 42.6 Å². The molecule has 0 saturated carbocycles. The number of carbonyl (C=O) groups is 1. The van der Waals surface area contributed by atoms with Crippen LogP contribution in [0.25, 0.3) is 0 Å². The molecule has 120 valence electrons. The third-order valence-corrected chi connectivity index (χ3v) is 4.66. The first-order valence-corrected chi connectivity index (χ1v) is 7.86. The largest absolute Gasteiger partial charge is 0.385 e. The molecule has 2 heterocycles. The molecule has 6 heteroatoms. The number of anilines is 1. The van der Waals surface area contributed by atoms with Crippen molar-refractivity contribution in [1.82, 2.24) is 4.98 Å². The minimum atomic E-state index is -0.922. The zero-order valence-corrected chi connectivity index (χ0v) is 13.3. The molecule has 1 aliphatic rings. The van der Waals surface area contributed by atoms with Gasteiger partial charge in [0.15, 0.2) is 0 Å². The number of benzene rings is 1. The Morgan fingerprint density at radius 1 is 1.26 bits per heavy atom. The highest BCUT2D eigenvalue weighted by molar-refractivity contribution is 6.31. The molecular formula is C17H18ClN3O2. The lowest BCUT2D eigenvalue weighted by atomic mass is 9.84. The fraction of sp³-hybridized carbons (Fsp3) is 0.294. The maximum Gasteiger partial charge on any atom is 0.267 e. The van der Waals surface area contributed by atoms with E-state index in [1.807, 2.05) is 24.3 Å². The van der Waals surface area contributed by atoms with E-state index in [9.17, 15) is 9.90 Å². The van der Waals surface area contributed by atoms with Gasteiger partial charge in [-0.25, -0.2) is 0 Å². The summed E-state index contributed by atoms with van der Waals surface area (Å²) in [6.45, 7) is 1.31. The summed E-state index contributed by atoms with van der Waals surface area (Å²) in [6, 6.07) is 10.9. The van der Waals surface area contributed by atoms with Gasteiger partial charge in [0.2, 0.25) is 0 Å². The van der Waals surface area contributed by atoms with Gasteiger partial charge in [0.25, 0.3) is 5.91 Å². The Morgan fingerprint density at radius 2 is 1.96 bits per heavy atom. The second-order valence-corrected chi connectivity index (χ2v) is 6.17. The minimum Gasteiger partial charge on any atom is -0.385 e. The fourth-order valence-electron chi connectivity index (χ4n) is 2.99. The summed E-state index contributed by atoms with van der Waals surface area (Å²) in [5.74, 6) is -0.545. The minimum absolute atomic E-state index is 0.245. The third kappa shape index (κ3) is 3.16. The van der Waals surface area contributed by atoms with E-state index in [1.165, 1.54) is 0 Å². The van der Waals surface area contributed by atoms with Crippen molar-refractivity contribution in [2.24, 2.45) is 5.73 Å². The SMILES string of the molecule is NC(=O)c1cc(N2CCC(O)(c3ccccc3Cl)CC2)ccn1. The highest BCUT2D eigenvalue weighted by Crippen LogP contribution is 2.37. The Morgan fingerprint density at radius 3 is 2.61 bits per heavy atom. The van der Waals surface area contributed by atoms with Crippen LogP contribution < -0.4 is 10.6 Å². The number of aromatic nitrogens is 1. The number of carbonyl (C=O) groups excluding carboxylic acids is 1. The molecule has 1 aromatic carbocycles. The maximum atomic E-state index is 11.2. The van der Waals surface area contributed by atoms with Crippen molar-refractivity contribution in [3.8, 4) is 0 Å². The molecule has 0 aliphatic carbocycles. The number of nitrogens with two attached hydrogens (primary N) is 1. The van der Waals surface area contributed by atoms with E-state index in [0.29, 0.717) is 31.0 Å². The molecule has 5 nitrogen and oxygen atoms in total. The number of halogens is 1. The Labute approximate surface area is 139 Å². The van der Waals surface area contributed by atoms with Crippen LogP contribution in [-0.4, -0.2) is 29.1 Å². The van der Waals surface area contributed by atoms with E-state index >= 15 is 0 Å². The number of hydrogen-bond acceptors (Lipinski definition) is 4. The van der Waals surface area contributed by atoms with Crippen molar-refractivity contribution in [2.75, 3.05) is 18.0 Å². The number of nitrogens with zero attached hydrogens (tertiary/aromatic N) is 2. The van der Waals surface area contributed by atoms with Gasteiger partial charge < -0.3 is 15.7 Å². The molecule has 0 unspecified atom stereocenters. The topological polar surface area (TPSA) is 79.5 Å². The van der Waals surface area contributed by atoms with E-state index in [1.54, 1.807) is 18.3 Å². The van der Waals surface area contributed by atoms with E-state index in [0.717, 1.165) is 11.3 Å². The van der Waals surface area contributed by atoms with Crippen molar-refractivity contribution in [3.05, 3.63) is 58.9 Å². The van der Waals surface area contributed by atoms with Crippen LogP contribution in [0.4, 0.5) is 5.69 Å². The molecule has 2 aromatic rings. The number of primary amides is 1. The predicted octanol–water partition coefficient (Wildman–Crippen LogP) is 2.32. The molecule has 3 rings (SSSR count). The number of pyridine rings is 1. The van der Waals surface area contributed by atoms with Gasteiger partial charge in [0.05, 0.1) is 5.60 Å². The molecule has 3 N–H and O–H groups in total. The number of hydrogen-bond donors (Lipinski definition) is 2. The van der Waals surface area contributed by atoms with Gasteiger partial charge in [0.1, 0.15) is 5.69 Å². The Hall–Kier alpha value is -2.11. The standard InChI is InChI=1S/C17H18ClN3O2/c18-14-4-2-1-3-13(14)17(23)6-9-21(10-7-17)12-5-8-20-15(11-12)16(19)22/h1-5,8,11,23H,6-7,9-10H2,(H2,19,22). The van der Waals surface area contributed by atoms with Gasteiger partial charge in [-0.1, -0.05) is 29.8 Å². The molecule has 0 radical (unpaired) electrons. The van der Waals surface area contributed by atoms with Crippen LogP contribution in [-0.2, 0) is 5.60 Å². The monoisotopic (exact) mass is 331 g/mol. The van der Waals surface area contributed by atoms with E-state index in [4.69, 9.17) is 17.3 Å². The molecule has 23 heavy (non-hydrogen) atoms. The quantitative estimate of drug-likeness (QED) is 0.904. The van der Waals surface area contributed by atoms with Crippen molar-refractivity contribution in [3.63, 3.8) is 0 Å². The average Bonchev–Trinajstić information content (AvgIpc) is 2.56. The van der Waals surface area contributed by atoms with Crippen molar-refractivity contribution in [2.45, 2.75) is 18.4 Å². The van der Waals surface area contributed by atoms with Crippen LogP contribution in [0.2, 0.25) is 5.02 Å². The molecule has 1 amide bonds. The Bertz CT molecular complexity index is 727. The summed E-state index contributed by atoms with van der Waals surface area (Å²) in [5, 5.41) is 11.5. The summed E-state index contributed by atoms with van der Waals surface area (Å²) in [6.07, 6.45) is 2.69. The van der Waals surface area contributed by atoms with Crippen molar-refractivity contribution < 1.29 is 9.90 Å². The highest BCUT2D eigenvalue weighted by Gasteiger charge is 2.35. The van der Waals surface area contributed by atoms with Crippen molar-refractivity contribution in [1.29, 1.82) is 0 Å². The first-order chi connectivity index (χ1) is 11.0. The second-order valence-electron chi connectivity index (χ2n) is 5.76. The summed E-state index contributed by atoms with van der Waals surface area (Å²) < 4.78 is 0. The van der Waals surface area contributed by atoms with Gasteiger partial charge >= 0.3 is 0 Å². The lowest BCUT2D eigenvalue weighted by molar-refractivity contribution is 0.0119. The fourth-order valence-corrected chi connectivity index (χ4v) is 3.31. The van der Waals surface area contributed by atoms with E-state index in [-0.39, 0.29) is 5.69 Å². The van der Waals surface area contributed by atoms with Gasteiger partial charge in [0, 0.05) is 35.6 Å². The van der Waals surface area contributed by atoms with Crippen LogP contribution in [0.3, 0.4) is 0 Å². The number of amides is 1. The molecule has 1 aromatic heterocycles. The van der Waals surface area contributed by atoms with Crippen LogP contribution in [0, 0.1) is 0 Å². The summed E-state index contributed by atoms with van der Waals surface area (Å²) >= 11 is 6.22. The predicted molar refractivity (Wildman–Crippen MR) is 89.6 cm³/mol. The van der Waals surface area contributed by atoms with Crippen LogP contribution in [0.5, 0.6) is 0 Å². The van der Waals surface area contributed by atoms with Gasteiger partial charge in [-0.15, -0.1) is 0 Å².